The average Bonchev–Trinajstić information content (AvgIpc) is 2.76. The van der Waals surface area contributed by atoms with Crippen molar-refractivity contribution in [1.82, 2.24) is 10.2 Å². The molecule has 0 aromatic heterocycles. The largest absolute Gasteiger partial charge is 0.314 e. The van der Waals surface area contributed by atoms with Gasteiger partial charge in [-0.25, -0.2) is 0 Å². The molecule has 0 unspecified atom stereocenters. The summed E-state index contributed by atoms with van der Waals surface area (Å²) in [7, 11) is 0. The van der Waals surface area contributed by atoms with Crippen LogP contribution in [0.15, 0.2) is 24.3 Å². The van der Waals surface area contributed by atoms with Gasteiger partial charge in [-0.2, -0.15) is 0 Å². The second-order valence-electron chi connectivity index (χ2n) is 4.73. The fourth-order valence-electron chi connectivity index (χ4n) is 2.66. The molecule has 0 amide bonds. The molecule has 0 atom stereocenters. The van der Waals surface area contributed by atoms with Crippen LogP contribution in [0, 0.1) is 0 Å². The number of allylic oxidation sites excluding steroid dienone is 1. The van der Waals surface area contributed by atoms with Gasteiger partial charge >= 0.3 is 0 Å². The molecular formula is C14H17ClN2. The van der Waals surface area contributed by atoms with E-state index in [0.717, 1.165) is 44.2 Å². The van der Waals surface area contributed by atoms with E-state index in [-0.39, 0.29) is 0 Å². The van der Waals surface area contributed by atoms with E-state index in [1.165, 1.54) is 16.7 Å². The SMILES string of the molecule is Clc1cccc2c1CC=C2CN1CCNCC1. The fraction of sp³-hybridized carbons (Fsp3) is 0.429. The van der Waals surface area contributed by atoms with Gasteiger partial charge in [0.2, 0.25) is 0 Å². The fourth-order valence-corrected chi connectivity index (χ4v) is 2.91. The van der Waals surface area contributed by atoms with Gasteiger partial charge in [0.05, 0.1) is 0 Å². The number of hydrogen-bond donors (Lipinski definition) is 1. The molecule has 0 spiro atoms. The summed E-state index contributed by atoms with van der Waals surface area (Å²) >= 11 is 6.22. The molecule has 1 aromatic rings. The molecule has 2 aliphatic rings. The number of nitrogens with zero attached hydrogens (tertiary/aromatic N) is 1. The highest BCUT2D eigenvalue weighted by Gasteiger charge is 2.19. The van der Waals surface area contributed by atoms with E-state index in [1.54, 1.807) is 0 Å². The number of benzene rings is 1. The predicted octanol–water partition coefficient (Wildman–Crippen LogP) is 2.18. The van der Waals surface area contributed by atoms with Crippen molar-refractivity contribution in [2.45, 2.75) is 6.42 Å². The van der Waals surface area contributed by atoms with E-state index in [4.69, 9.17) is 11.6 Å². The van der Waals surface area contributed by atoms with Crippen LogP contribution >= 0.6 is 11.6 Å². The van der Waals surface area contributed by atoms with E-state index in [1.807, 2.05) is 6.07 Å². The van der Waals surface area contributed by atoms with Gasteiger partial charge in [0.15, 0.2) is 0 Å². The van der Waals surface area contributed by atoms with Crippen LogP contribution in [0.25, 0.3) is 5.57 Å². The lowest BCUT2D eigenvalue weighted by molar-refractivity contribution is 0.268. The van der Waals surface area contributed by atoms with Gasteiger partial charge in [-0.15, -0.1) is 0 Å². The van der Waals surface area contributed by atoms with Crippen LogP contribution in [0.1, 0.15) is 11.1 Å². The minimum absolute atomic E-state index is 0.911. The minimum Gasteiger partial charge on any atom is -0.314 e. The van der Waals surface area contributed by atoms with E-state index in [0.29, 0.717) is 0 Å². The zero-order valence-corrected chi connectivity index (χ0v) is 10.6. The number of piperazine rings is 1. The van der Waals surface area contributed by atoms with E-state index < -0.39 is 0 Å². The molecule has 1 aliphatic carbocycles. The van der Waals surface area contributed by atoms with Crippen molar-refractivity contribution >= 4 is 17.2 Å². The summed E-state index contributed by atoms with van der Waals surface area (Å²) in [4.78, 5) is 2.51. The summed E-state index contributed by atoms with van der Waals surface area (Å²) in [5, 5.41) is 4.30. The maximum absolute atomic E-state index is 6.22. The molecule has 1 fully saturated rings. The third-order valence-corrected chi connectivity index (χ3v) is 3.98. The summed E-state index contributed by atoms with van der Waals surface area (Å²) in [5.74, 6) is 0. The molecule has 90 valence electrons. The molecule has 1 saturated heterocycles. The van der Waals surface area contributed by atoms with Crippen LogP contribution in [0.4, 0.5) is 0 Å². The van der Waals surface area contributed by atoms with Crippen LogP contribution in [-0.2, 0) is 6.42 Å². The summed E-state index contributed by atoms with van der Waals surface area (Å²) in [6.07, 6.45) is 3.33. The Balaban J connectivity index is 1.76. The molecule has 3 rings (SSSR count). The molecule has 1 aliphatic heterocycles. The predicted molar refractivity (Wildman–Crippen MR) is 72.4 cm³/mol. The Hall–Kier alpha value is -0.830. The van der Waals surface area contributed by atoms with Gasteiger partial charge in [-0.3, -0.25) is 4.90 Å². The van der Waals surface area contributed by atoms with Gasteiger partial charge in [0.1, 0.15) is 0 Å². The first-order valence-electron chi connectivity index (χ1n) is 6.24. The normalized spacial score (nSPS) is 20.2. The molecule has 17 heavy (non-hydrogen) atoms. The molecule has 1 aromatic carbocycles. The monoisotopic (exact) mass is 248 g/mol. The second kappa shape index (κ2) is 4.81. The van der Waals surface area contributed by atoms with Gasteiger partial charge in [0.25, 0.3) is 0 Å². The Bertz CT molecular complexity index is 448. The van der Waals surface area contributed by atoms with Crippen LogP contribution in [0.3, 0.4) is 0 Å². The number of hydrogen-bond acceptors (Lipinski definition) is 2. The maximum Gasteiger partial charge on any atom is 0.0447 e. The Kier molecular flexibility index (Phi) is 3.19. The van der Waals surface area contributed by atoms with Crippen LogP contribution in [-0.4, -0.2) is 37.6 Å². The van der Waals surface area contributed by atoms with Crippen molar-refractivity contribution in [1.29, 1.82) is 0 Å². The van der Waals surface area contributed by atoms with Gasteiger partial charge < -0.3 is 5.32 Å². The molecule has 0 bridgehead atoms. The minimum atomic E-state index is 0.911. The molecular weight excluding hydrogens is 232 g/mol. The van der Waals surface area contributed by atoms with E-state index in [2.05, 4.69) is 28.4 Å². The van der Waals surface area contributed by atoms with Crippen LogP contribution in [0.2, 0.25) is 5.02 Å². The molecule has 0 saturated carbocycles. The summed E-state index contributed by atoms with van der Waals surface area (Å²) < 4.78 is 0. The zero-order chi connectivity index (χ0) is 11.7. The highest BCUT2D eigenvalue weighted by Crippen LogP contribution is 2.32. The zero-order valence-electron chi connectivity index (χ0n) is 9.88. The van der Waals surface area contributed by atoms with Gasteiger partial charge in [0, 0.05) is 37.7 Å². The highest BCUT2D eigenvalue weighted by molar-refractivity contribution is 6.31. The van der Waals surface area contributed by atoms with Crippen molar-refractivity contribution in [3.63, 3.8) is 0 Å². The Labute approximate surface area is 107 Å². The lowest BCUT2D eigenvalue weighted by Gasteiger charge is -2.27. The molecule has 2 nitrogen and oxygen atoms in total. The van der Waals surface area contributed by atoms with E-state index in [9.17, 15) is 0 Å². The van der Waals surface area contributed by atoms with Crippen molar-refractivity contribution in [2.75, 3.05) is 32.7 Å². The molecule has 3 heteroatoms. The van der Waals surface area contributed by atoms with Crippen molar-refractivity contribution in [2.24, 2.45) is 0 Å². The van der Waals surface area contributed by atoms with Gasteiger partial charge in [-0.05, 0) is 29.2 Å². The quantitative estimate of drug-likeness (QED) is 0.863. The number of halogens is 1. The average molecular weight is 249 g/mol. The highest BCUT2D eigenvalue weighted by atomic mass is 35.5. The van der Waals surface area contributed by atoms with Crippen LogP contribution in [0.5, 0.6) is 0 Å². The Morgan fingerprint density at radius 1 is 1.24 bits per heavy atom. The Morgan fingerprint density at radius 2 is 2.06 bits per heavy atom. The topological polar surface area (TPSA) is 15.3 Å². The van der Waals surface area contributed by atoms with Crippen LogP contribution < -0.4 is 5.32 Å². The summed E-state index contributed by atoms with van der Waals surface area (Å²) in [6.45, 7) is 5.57. The van der Waals surface area contributed by atoms with Crippen molar-refractivity contribution in [3.8, 4) is 0 Å². The van der Waals surface area contributed by atoms with E-state index >= 15 is 0 Å². The first-order valence-corrected chi connectivity index (χ1v) is 6.62. The first kappa shape index (κ1) is 11.3. The van der Waals surface area contributed by atoms with Gasteiger partial charge in [-0.1, -0.05) is 29.8 Å². The first-order chi connectivity index (χ1) is 8.34. The number of fused-ring (bicyclic) bond motifs is 1. The number of nitrogens with one attached hydrogen (secondary N) is 1. The standard InChI is InChI=1S/C14H17ClN2/c15-14-3-1-2-12-11(4-5-13(12)14)10-17-8-6-16-7-9-17/h1-4,16H,5-10H2. The summed E-state index contributed by atoms with van der Waals surface area (Å²) in [6, 6.07) is 6.24. The Morgan fingerprint density at radius 3 is 2.88 bits per heavy atom. The summed E-state index contributed by atoms with van der Waals surface area (Å²) in [5.41, 5.74) is 4.11. The van der Waals surface area contributed by atoms with Crippen molar-refractivity contribution < 1.29 is 0 Å². The maximum atomic E-state index is 6.22. The third kappa shape index (κ3) is 2.25. The molecule has 1 N–H and O–H groups in total. The second-order valence-corrected chi connectivity index (χ2v) is 5.13. The van der Waals surface area contributed by atoms with Crippen molar-refractivity contribution in [3.05, 3.63) is 40.4 Å². The third-order valence-electron chi connectivity index (χ3n) is 3.62. The molecule has 0 radical (unpaired) electrons. The smallest absolute Gasteiger partial charge is 0.0447 e. The lowest BCUT2D eigenvalue weighted by Crippen LogP contribution is -2.43. The number of rotatable bonds is 2. The molecule has 1 heterocycles. The lowest BCUT2D eigenvalue weighted by atomic mass is 10.1.